The molecule has 0 atom stereocenters. The van der Waals surface area contributed by atoms with Crippen LogP contribution in [0.4, 0.5) is 4.79 Å². The first kappa shape index (κ1) is 19.3. The van der Waals surface area contributed by atoms with E-state index in [0.29, 0.717) is 32.1 Å². The predicted octanol–water partition coefficient (Wildman–Crippen LogP) is 3.38. The molecule has 0 bridgehead atoms. The molecule has 25 heavy (non-hydrogen) atoms. The van der Waals surface area contributed by atoms with Crippen molar-refractivity contribution in [3.8, 4) is 0 Å². The van der Waals surface area contributed by atoms with Crippen molar-refractivity contribution in [2.24, 2.45) is 0 Å². The van der Waals surface area contributed by atoms with Crippen LogP contribution in [-0.2, 0) is 0 Å². The third-order valence-electron chi connectivity index (χ3n) is 4.49. The molecule has 1 aliphatic rings. The van der Waals surface area contributed by atoms with Gasteiger partial charge in [-0.3, -0.25) is 4.79 Å². The molecule has 0 spiro atoms. The van der Waals surface area contributed by atoms with Gasteiger partial charge in [0.1, 0.15) is 0 Å². The van der Waals surface area contributed by atoms with Crippen molar-refractivity contribution in [1.29, 1.82) is 0 Å². The normalized spacial score (nSPS) is 15.5. The van der Waals surface area contributed by atoms with E-state index in [1.54, 1.807) is 4.90 Å². The van der Waals surface area contributed by atoms with E-state index in [9.17, 15) is 9.59 Å². The maximum atomic E-state index is 12.9. The van der Waals surface area contributed by atoms with E-state index in [4.69, 9.17) is 0 Å². The minimum atomic E-state index is -0.252. The molecule has 1 aliphatic heterocycles. The second kappa shape index (κ2) is 7.46. The third kappa shape index (κ3) is 4.97. The van der Waals surface area contributed by atoms with Crippen LogP contribution in [-0.4, -0.2) is 53.5 Å². The van der Waals surface area contributed by atoms with E-state index in [2.05, 4.69) is 25.2 Å². The highest BCUT2D eigenvalue weighted by Gasteiger charge is 2.27. The zero-order chi connectivity index (χ0) is 18.8. The summed E-state index contributed by atoms with van der Waals surface area (Å²) < 4.78 is 0. The predicted molar refractivity (Wildman–Crippen MR) is 101 cm³/mol. The van der Waals surface area contributed by atoms with Gasteiger partial charge in [-0.2, -0.15) is 0 Å². The molecule has 3 amide bonds. The minimum absolute atomic E-state index is 0.0578. The number of hydrogen-bond donors (Lipinski definition) is 1. The van der Waals surface area contributed by atoms with Gasteiger partial charge in [-0.05, 0) is 50.8 Å². The van der Waals surface area contributed by atoms with Crippen LogP contribution in [0.5, 0.6) is 0 Å². The van der Waals surface area contributed by atoms with Crippen LogP contribution in [0.15, 0.2) is 18.2 Å². The molecular weight excluding hydrogens is 314 g/mol. The van der Waals surface area contributed by atoms with Gasteiger partial charge in [-0.15, -0.1) is 0 Å². The Kier molecular flexibility index (Phi) is 5.76. The Morgan fingerprint density at radius 1 is 1.04 bits per heavy atom. The molecule has 0 aromatic heterocycles. The molecule has 2 rings (SSSR count). The first-order valence-electron chi connectivity index (χ1n) is 9.05. The van der Waals surface area contributed by atoms with E-state index in [-0.39, 0.29) is 17.5 Å². The third-order valence-corrected chi connectivity index (χ3v) is 4.49. The second-order valence-corrected chi connectivity index (χ2v) is 8.19. The Bertz CT molecular complexity index is 639. The summed E-state index contributed by atoms with van der Waals surface area (Å²) in [5.74, 6) is 0.459. The fourth-order valence-corrected chi connectivity index (χ4v) is 2.91. The molecule has 1 saturated heterocycles. The number of rotatable bonds is 2. The molecule has 0 radical (unpaired) electrons. The average molecular weight is 345 g/mol. The average Bonchev–Trinajstić information content (AvgIpc) is 2.53. The van der Waals surface area contributed by atoms with Gasteiger partial charge in [-0.25, -0.2) is 4.79 Å². The lowest BCUT2D eigenvalue weighted by molar-refractivity contribution is 0.0660. The fraction of sp³-hybridized carbons (Fsp3) is 0.600. The quantitative estimate of drug-likeness (QED) is 0.893. The van der Waals surface area contributed by atoms with Crippen molar-refractivity contribution in [1.82, 2.24) is 15.1 Å². The van der Waals surface area contributed by atoms with Gasteiger partial charge in [0.15, 0.2) is 0 Å². The summed E-state index contributed by atoms with van der Waals surface area (Å²) in [6.45, 7) is 14.4. The van der Waals surface area contributed by atoms with Crippen molar-refractivity contribution in [3.63, 3.8) is 0 Å². The van der Waals surface area contributed by atoms with E-state index in [1.165, 1.54) is 5.56 Å². The van der Waals surface area contributed by atoms with Crippen molar-refractivity contribution >= 4 is 11.9 Å². The summed E-state index contributed by atoms with van der Waals surface area (Å²) in [7, 11) is 0. The lowest BCUT2D eigenvalue weighted by atomic mass is 9.97. The number of carbonyl (C=O) groups is 2. The fourth-order valence-electron chi connectivity index (χ4n) is 2.91. The molecule has 0 aliphatic carbocycles. The van der Waals surface area contributed by atoms with Gasteiger partial charge in [0.05, 0.1) is 0 Å². The molecule has 1 fully saturated rings. The van der Waals surface area contributed by atoms with Crippen LogP contribution < -0.4 is 5.32 Å². The van der Waals surface area contributed by atoms with Crippen molar-refractivity contribution in [2.45, 2.75) is 53.0 Å². The Hall–Kier alpha value is -2.04. The number of carbonyl (C=O) groups excluding carboxylic acids is 2. The van der Waals surface area contributed by atoms with Gasteiger partial charge in [0.2, 0.25) is 0 Å². The number of aryl methyl sites for hydroxylation is 1. The number of piperazine rings is 1. The summed E-state index contributed by atoms with van der Waals surface area (Å²) in [4.78, 5) is 28.8. The maximum absolute atomic E-state index is 12.9. The number of nitrogens with one attached hydrogen (secondary N) is 1. The van der Waals surface area contributed by atoms with Crippen LogP contribution in [0.25, 0.3) is 0 Å². The topological polar surface area (TPSA) is 52.7 Å². The first-order chi connectivity index (χ1) is 11.6. The Labute approximate surface area is 151 Å². The van der Waals surface area contributed by atoms with E-state index >= 15 is 0 Å². The monoisotopic (exact) mass is 345 g/mol. The van der Waals surface area contributed by atoms with E-state index in [0.717, 1.165) is 11.1 Å². The molecular formula is C20H31N3O2. The molecule has 1 heterocycles. The number of benzene rings is 1. The lowest BCUT2D eigenvalue weighted by Crippen LogP contribution is -2.56. The first-order valence-corrected chi connectivity index (χ1v) is 9.05. The number of nitrogens with zero attached hydrogens (tertiary/aromatic N) is 2. The van der Waals surface area contributed by atoms with Crippen molar-refractivity contribution in [2.75, 3.05) is 26.2 Å². The summed E-state index contributed by atoms with van der Waals surface area (Å²) in [5, 5.41) is 2.98. The highest BCUT2D eigenvalue weighted by atomic mass is 16.2. The van der Waals surface area contributed by atoms with Gasteiger partial charge in [-0.1, -0.05) is 26.0 Å². The highest BCUT2D eigenvalue weighted by molar-refractivity contribution is 5.96. The van der Waals surface area contributed by atoms with Gasteiger partial charge in [0, 0.05) is 37.3 Å². The molecule has 0 unspecified atom stereocenters. The van der Waals surface area contributed by atoms with E-state index in [1.807, 2.05) is 44.7 Å². The molecule has 1 aromatic carbocycles. The molecule has 0 saturated carbocycles. The number of hydrogen-bond acceptors (Lipinski definition) is 2. The number of urea groups is 1. The zero-order valence-electron chi connectivity index (χ0n) is 16.3. The standard InChI is InChI=1S/C20H31N3O2/c1-14(2)16-8-7-15(3)17(13-16)18(24)22-9-11-23(12-10-22)19(25)21-20(4,5)6/h7-8,13-14H,9-12H2,1-6H3,(H,21,25). The van der Waals surface area contributed by atoms with Crippen LogP contribution >= 0.6 is 0 Å². The van der Waals surface area contributed by atoms with Crippen LogP contribution in [0, 0.1) is 6.92 Å². The van der Waals surface area contributed by atoms with Crippen molar-refractivity contribution in [3.05, 3.63) is 34.9 Å². The second-order valence-electron chi connectivity index (χ2n) is 8.19. The molecule has 1 aromatic rings. The summed E-state index contributed by atoms with van der Waals surface area (Å²) in [5.41, 5.74) is 2.71. The SMILES string of the molecule is Cc1ccc(C(C)C)cc1C(=O)N1CCN(C(=O)NC(C)(C)C)CC1. The Morgan fingerprint density at radius 2 is 1.60 bits per heavy atom. The summed E-state index contributed by atoms with van der Waals surface area (Å²) >= 11 is 0. The van der Waals surface area contributed by atoms with Gasteiger partial charge in [0.25, 0.3) is 5.91 Å². The van der Waals surface area contributed by atoms with Crippen molar-refractivity contribution < 1.29 is 9.59 Å². The zero-order valence-corrected chi connectivity index (χ0v) is 16.3. The molecule has 5 nitrogen and oxygen atoms in total. The maximum Gasteiger partial charge on any atom is 0.317 e. The molecule has 5 heteroatoms. The van der Waals surface area contributed by atoms with Crippen LogP contribution in [0.2, 0.25) is 0 Å². The molecule has 138 valence electrons. The van der Waals surface area contributed by atoms with Gasteiger partial charge >= 0.3 is 6.03 Å². The van der Waals surface area contributed by atoms with Crippen LogP contribution in [0.1, 0.15) is 62.0 Å². The summed E-state index contributed by atoms with van der Waals surface area (Å²) in [6, 6.07) is 6.07. The van der Waals surface area contributed by atoms with Crippen LogP contribution in [0.3, 0.4) is 0 Å². The van der Waals surface area contributed by atoms with Gasteiger partial charge < -0.3 is 15.1 Å². The summed E-state index contributed by atoms with van der Waals surface area (Å²) in [6.07, 6.45) is 0. The Morgan fingerprint density at radius 3 is 2.12 bits per heavy atom. The number of amides is 3. The van der Waals surface area contributed by atoms with E-state index < -0.39 is 0 Å². The minimum Gasteiger partial charge on any atom is -0.335 e. The Balaban J connectivity index is 2.02. The lowest BCUT2D eigenvalue weighted by Gasteiger charge is -2.36. The highest BCUT2D eigenvalue weighted by Crippen LogP contribution is 2.20. The largest absolute Gasteiger partial charge is 0.335 e. The molecule has 1 N–H and O–H groups in total. The smallest absolute Gasteiger partial charge is 0.317 e.